The Kier molecular flexibility index (Phi) is 49.9. The number of amides is 2. The fraction of sp³-hybridized carbons (Fsp3) is 0.508. The van der Waals surface area contributed by atoms with Gasteiger partial charge in [-0.05, 0) is 144 Å². The summed E-state index contributed by atoms with van der Waals surface area (Å²) in [7, 11) is -2.57. The molecule has 0 saturated heterocycles. The fourth-order valence-corrected chi connectivity index (χ4v) is 22.9. The van der Waals surface area contributed by atoms with Gasteiger partial charge in [-0.2, -0.15) is 0 Å². The van der Waals surface area contributed by atoms with Gasteiger partial charge in [0.05, 0.1) is 39.6 Å². The van der Waals surface area contributed by atoms with Gasteiger partial charge in [-0.25, -0.2) is 0 Å². The zero-order valence-electron chi connectivity index (χ0n) is 81.0. The van der Waals surface area contributed by atoms with E-state index in [-0.39, 0.29) is 11.8 Å². The van der Waals surface area contributed by atoms with E-state index in [2.05, 4.69) is 234 Å². The quantitative estimate of drug-likeness (QED) is 0.0286. The second-order valence-corrected chi connectivity index (χ2v) is 40.6. The van der Waals surface area contributed by atoms with Crippen molar-refractivity contribution >= 4 is 92.4 Å². The van der Waals surface area contributed by atoms with E-state index in [1.54, 1.807) is 0 Å². The van der Waals surface area contributed by atoms with Crippen molar-refractivity contribution in [2.45, 2.75) is 350 Å². The highest BCUT2D eigenvalue weighted by atomic mass is 31.1. The van der Waals surface area contributed by atoms with E-state index in [4.69, 9.17) is 28.4 Å². The summed E-state index contributed by atoms with van der Waals surface area (Å²) < 4.78 is 41.4. The van der Waals surface area contributed by atoms with Gasteiger partial charge in [0.25, 0.3) is 11.8 Å². The van der Waals surface area contributed by atoms with E-state index < -0.39 is 15.8 Å². The first kappa shape index (κ1) is 103. The van der Waals surface area contributed by atoms with Crippen molar-refractivity contribution in [2.24, 2.45) is 0 Å². The van der Waals surface area contributed by atoms with Crippen LogP contribution in [0.1, 0.15) is 370 Å². The molecule has 702 valence electrons. The first-order valence-corrected chi connectivity index (χ1v) is 54.6. The van der Waals surface area contributed by atoms with E-state index in [9.17, 15) is 0 Å². The van der Waals surface area contributed by atoms with Crippen LogP contribution in [0.3, 0.4) is 0 Å². The number of hydrogen-bond donors (Lipinski definition) is 2. The van der Waals surface area contributed by atoms with E-state index in [1.807, 2.05) is 24.3 Å². The minimum absolute atomic E-state index is 0.273. The van der Waals surface area contributed by atoms with Crippen LogP contribution in [-0.2, 0) is 0 Å². The number of ether oxygens (including phenoxy) is 6. The van der Waals surface area contributed by atoms with Gasteiger partial charge in [0.1, 0.15) is 0 Å². The molecule has 0 bridgehead atoms. The molecule has 0 radical (unpaired) electrons. The van der Waals surface area contributed by atoms with E-state index in [1.165, 1.54) is 252 Å². The molecule has 0 atom stereocenters. The Hall–Kier alpha value is -8.68. The summed E-state index contributed by atoms with van der Waals surface area (Å²) in [6, 6.07) is 73.7. The third-order valence-corrected chi connectivity index (χ3v) is 30.4. The molecular weight excluding hydrogens is 1640 g/mol. The number of carbonyl (C=O) groups excluding carboxylic acids is 2. The summed E-state index contributed by atoms with van der Waals surface area (Å²) in [4.78, 5) is 32.0. The molecule has 0 saturated carbocycles. The molecule has 12 heteroatoms. The van der Waals surface area contributed by atoms with Crippen LogP contribution < -0.4 is 70.9 Å². The fourth-order valence-electron chi connectivity index (χ4n) is 18.0. The molecule has 10 aromatic rings. The van der Waals surface area contributed by atoms with Crippen LogP contribution >= 0.6 is 15.8 Å². The first-order valence-electron chi connectivity index (χ1n) is 52.0. The van der Waals surface area contributed by atoms with Gasteiger partial charge in [-0.15, -0.1) is 0 Å². The van der Waals surface area contributed by atoms with Crippen LogP contribution in [0.25, 0.3) is 32.7 Å². The number of unbranched alkanes of at least 4 members (excludes halogenated alkanes) is 42. The molecule has 130 heavy (non-hydrogen) atoms. The molecule has 0 aliphatic heterocycles. The Balaban J connectivity index is 1.11. The summed E-state index contributed by atoms with van der Waals surface area (Å²) in [5.74, 6) is 2.82. The van der Waals surface area contributed by atoms with E-state index in [0.717, 1.165) is 120 Å². The van der Waals surface area contributed by atoms with Crippen LogP contribution in [0, 0.1) is 0 Å². The van der Waals surface area contributed by atoms with Gasteiger partial charge < -0.3 is 39.1 Å². The average molecular weight is 1800 g/mol. The first-order chi connectivity index (χ1) is 64.3. The molecule has 10 nitrogen and oxygen atoms in total. The molecule has 0 aromatic heterocycles. The lowest BCUT2D eigenvalue weighted by Crippen LogP contribution is -2.26. The number of rotatable bonds is 71. The maximum atomic E-state index is 16.0. The van der Waals surface area contributed by atoms with Crippen molar-refractivity contribution in [1.82, 2.24) is 0 Å². The molecule has 0 aliphatic carbocycles. The SMILES string of the molecule is CCCCCCCCCCOc1cc(C(=O)Nc2cccc3c(-c4c(P(c5ccccc5)c5ccccc5)ccc5c(NC(=O)c6cc(OCCCCCCCCCC)c(OCCCCCCCCCC)c(OCCCCCCCCCC)c6)cccc45)c(P(c4ccccc4)c4ccccc4)ccc23)cc(OCCCCCCCCCC)c1OCCCCCCCCCC. The Morgan fingerprint density at radius 1 is 0.223 bits per heavy atom. The molecule has 0 fully saturated rings. The lowest BCUT2D eigenvalue weighted by Gasteiger charge is -2.29. The van der Waals surface area contributed by atoms with E-state index in [0.29, 0.717) is 96.6 Å². The zero-order chi connectivity index (χ0) is 90.9. The van der Waals surface area contributed by atoms with Crippen molar-refractivity contribution in [3.8, 4) is 45.6 Å². The third-order valence-electron chi connectivity index (χ3n) is 25.4. The largest absolute Gasteiger partial charge is 0.490 e. The van der Waals surface area contributed by atoms with Gasteiger partial charge in [0.2, 0.25) is 11.5 Å². The lowest BCUT2D eigenvalue weighted by atomic mass is 9.92. The molecule has 0 aliphatic rings. The van der Waals surface area contributed by atoms with Crippen LogP contribution in [-0.4, -0.2) is 51.5 Å². The Morgan fingerprint density at radius 2 is 0.438 bits per heavy atom. The highest BCUT2D eigenvalue weighted by molar-refractivity contribution is 7.81. The lowest BCUT2D eigenvalue weighted by molar-refractivity contribution is 0.101. The third kappa shape index (κ3) is 34.7. The zero-order valence-corrected chi connectivity index (χ0v) is 82.8. The second-order valence-electron chi connectivity index (χ2n) is 36.2. The topological polar surface area (TPSA) is 114 Å². The number of nitrogens with one attached hydrogen (secondary N) is 2. The number of fused-ring (bicyclic) bond motifs is 2. The Morgan fingerprint density at radius 3 is 0.669 bits per heavy atom. The number of anilines is 2. The minimum atomic E-state index is -1.29. The smallest absolute Gasteiger partial charge is 0.255 e. The predicted octanol–water partition coefficient (Wildman–Crippen LogP) is 32.8. The molecule has 10 aromatic carbocycles. The Labute approximate surface area is 788 Å². The predicted molar refractivity (Wildman–Crippen MR) is 562 cm³/mol. The van der Waals surface area contributed by atoms with Gasteiger partial charge >= 0.3 is 0 Å². The summed E-state index contributed by atoms with van der Waals surface area (Å²) in [6.07, 6.45) is 56.8. The summed E-state index contributed by atoms with van der Waals surface area (Å²) in [5.41, 5.74) is 4.33. The van der Waals surface area contributed by atoms with Gasteiger partial charge in [0, 0.05) is 33.3 Å². The molecule has 2 amide bonds. The highest BCUT2D eigenvalue weighted by Gasteiger charge is 2.31. The molecule has 2 N–H and O–H groups in total. The molecule has 10 rings (SSSR count). The second kappa shape index (κ2) is 62.7. The van der Waals surface area contributed by atoms with Gasteiger partial charge in [-0.1, -0.05) is 481 Å². The van der Waals surface area contributed by atoms with Crippen molar-refractivity contribution in [2.75, 3.05) is 50.3 Å². The molecular formula is C118H162N2O8P2. The maximum Gasteiger partial charge on any atom is 0.255 e. The van der Waals surface area contributed by atoms with Crippen LogP contribution in [0.15, 0.2) is 206 Å². The maximum absolute atomic E-state index is 16.0. The number of carbonyl (C=O) groups is 2. The van der Waals surface area contributed by atoms with Gasteiger partial charge in [-0.3, -0.25) is 9.59 Å². The molecule has 0 unspecified atom stereocenters. The summed E-state index contributed by atoms with van der Waals surface area (Å²) in [6.45, 7) is 16.7. The highest BCUT2D eigenvalue weighted by Crippen LogP contribution is 2.49. The van der Waals surface area contributed by atoms with Crippen molar-refractivity contribution in [3.05, 3.63) is 217 Å². The summed E-state index contributed by atoms with van der Waals surface area (Å²) in [5, 5.41) is 18.0. The number of hydrogen-bond acceptors (Lipinski definition) is 8. The van der Waals surface area contributed by atoms with Crippen LogP contribution in [0.5, 0.6) is 34.5 Å². The van der Waals surface area contributed by atoms with Crippen LogP contribution in [0.4, 0.5) is 11.4 Å². The standard InChI is InChI=1S/C118H162N2O8P2/c1-7-13-19-25-31-37-43-61-85-123-107-91-95(92-108(124-86-62-44-38-32-26-20-14-8-2)115(107)127-89-65-47-41-35-29-23-17-11-5)117(121)119-105-79-67-77-103-101(105)81-83-111(129(97-69-53-49-54-70-97)98-71-55-50-56-72-98)113(103)114-104-78-68-80-106(102(104)82-84-112(114)130(99-73-57-51-58-74-99)100-75-59-52-60-76-100)120-118(122)96-93-109(125-87-63-45-39-33-27-21-15-9-3)116(128-90-66-48-42-36-30-24-18-12-6)110(94-96)126-88-64-46-40-34-28-22-16-10-4/h49-60,67-84,91-94H,7-48,61-66,85-90H2,1-6H3,(H,119,121)(H,120,122). The van der Waals surface area contributed by atoms with Crippen molar-refractivity contribution in [3.63, 3.8) is 0 Å². The van der Waals surface area contributed by atoms with Gasteiger partial charge in [0.15, 0.2) is 23.0 Å². The minimum Gasteiger partial charge on any atom is -0.490 e. The summed E-state index contributed by atoms with van der Waals surface area (Å²) >= 11 is 0. The molecule has 0 spiro atoms. The van der Waals surface area contributed by atoms with Crippen molar-refractivity contribution < 1.29 is 38.0 Å². The van der Waals surface area contributed by atoms with Crippen LogP contribution in [0.2, 0.25) is 0 Å². The Bertz CT molecular complexity index is 4310. The molecule has 0 heterocycles. The monoisotopic (exact) mass is 1800 g/mol. The average Bonchev–Trinajstić information content (AvgIpc) is 0.723. The normalized spacial score (nSPS) is 11.5. The van der Waals surface area contributed by atoms with Crippen molar-refractivity contribution in [1.29, 1.82) is 0 Å². The number of benzene rings is 10. The van der Waals surface area contributed by atoms with E-state index >= 15 is 9.59 Å².